The van der Waals surface area contributed by atoms with Gasteiger partial charge in [0.25, 0.3) is 11.8 Å². The minimum absolute atomic E-state index is 0.241. The molecule has 0 bridgehead atoms. The molecule has 0 saturated heterocycles. The van der Waals surface area contributed by atoms with Crippen molar-refractivity contribution >= 4 is 44.8 Å². The maximum atomic E-state index is 12.1. The summed E-state index contributed by atoms with van der Waals surface area (Å²) in [5.41, 5.74) is 0.900. The van der Waals surface area contributed by atoms with Crippen molar-refractivity contribution < 1.29 is 9.59 Å². The Labute approximate surface area is 135 Å². The first kappa shape index (κ1) is 15.5. The van der Waals surface area contributed by atoms with E-state index in [2.05, 4.69) is 33.1 Å². The van der Waals surface area contributed by atoms with E-state index in [0.29, 0.717) is 22.7 Å². The van der Waals surface area contributed by atoms with Crippen LogP contribution in [0.15, 0.2) is 52.8 Å². The molecule has 108 valence electrons. The van der Waals surface area contributed by atoms with Crippen LogP contribution in [-0.2, 0) is 0 Å². The Bertz CT molecular complexity index is 682. The topological polar surface area (TPSA) is 58.2 Å². The van der Waals surface area contributed by atoms with Gasteiger partial charge < -0.3 is 10.6 Å². The van der Waals surface area contributed by atoms with Crippen LogP contribution < -0.4 is 10.6 Å². The molecule has 1 aromatic heterocycles. The molecule has 2 rings (SSSR count). The van der Waals surface area contributed by atoms with Crippen LogP contribution in [0, 0.1) is 0 Å². The lowest BCUT2D eigenvalue weighted by atomic mass is 10.1. The highest BCUT2D eigenvalue weighted by molar-refractivity contribution is 9.11. The Hall–Kier alpha value is -1.92. The number of anilines is 1. The summed E-state index contributed by atoms with van der Waals surface area (Å²) in [6.45, 7) is 3.93. The third kappa shape index (κ3) is 4.03. The fraction of sp³-hybridized carbons (Fsp3) is 0.0667. The van der Waals surface area contributed by atoms with Crippen LogP contribution in [0.4, 0.5) is 5.69 Å². The van der Waals surface area contributed by atoms with Gasteiger partial charge in [-0.3, -0.25) is 9.59 Å². The number of benzene rings is 1. The van der Waals surface area contributed by atoms with E-state index < -0.39 is 0 Å². The van der Waals surface area contributed by atoms with Gasteiger partial charge in [-0.25, -0.2) is 0 Å². The number of nitrogens with one attached hydrogen (secondary N) is 2. The van der Waals surface area contributed by atoms with Crippen LogP contribution in [0.2, 0.25) is 0 Å². The standard InChI is InChI=1S/C15H13BrN2O2S/c1-2-9-17-14(19)10-5-3-4-6-11(10)18-15(20)12-7-8-13(16)21-12/h2-8H,1,9H2,(H,17,19)(H,18,20). The molecule has 1 heterocycles. The third-order valence-electron chi connectivity index (χ3n) is 2.62. The lowest BCUT2D eigenvalue weighted by Gasteiger charge is -2.10. The Balaban J connectivity index is 2.18. The molecule has 0 radical (unpaired) electrons. The highest BCUT2D eigenvalue weighted by Gasteiger charge is 2.14. The Kier molecular flexibility index (Phi) is 5.30. The summed E-state index contributed by atoms with van der Waals surface area (Å²) in [7, 11) is 0. The number of halogens is 1. The fourth-order valence-electron chi connectivity index (χ4n) is 1.67. The molecule has 0 aliphatic heterocycles. The van der Waals surface area contributed by atoms with Gasteiger partial charge in [0.2, 0.25) is 0 Å². The quantitative estimate of drug-likeness (QED) is 0.795. The van der Waals surface area contributed by atoms with Crippen molar-refractivity contribution in [2.24, 2.45) is 0 Å². The second-order valence-electron chi connectivity index (χ2n) is 4.10. The molecule has 0 spiro atoms. The summed E-state index contributed by atoms with van der Waals surface area (Å²) in [5, 5.41) is 5.45. The van der Waals surface area contributed by atoms with Crippen molar-refractivity contribution in [1.29, 1.82) is 0 Å². The molecule has 0 saturated carbocycles. The lowest BCUT2D eigenvalue weighted by molar-refractivity contribution is 0.0959. The van der Waals surface area contributed by atoms with E-state index in [0.717, 1.165) is 3.79 Å². The summed E-state index contributed by atoms with van der Waals surface area (Å²) in [5.74, 6) is -0.493. The van der Waals surface area contributed by atoms with Crippen LogP contribution in [-0.4, -0.2) is 18.4 Å². The normalized spacial score (nSPS) is 9.95. The third-order valence-corrected chi connectivity index (χ3v) is 4.25. The SMILES string of the molecule is C=CCNC(=O)c1ccccc1NC(=O)c1ccc(Br)s1. The van der Waals surface area contributed by atoms with Crippen LogP contribution in [0.25, 0.3) is 0 Å². The van der Waals surface area contributed by atoms with Gasteiger partial charge in [0.15, 0.2) is 0 Å². The molecule has 0 fully saturated rings. The molecule has 2 N–H and O–H groups in total. The van der Waals surface area contributed by atoms with Crippen molar-refractivity contribution in [1.82, 2.24) is 5.32 Å². The number of rotatable bonds is 5. The molecule has 4 nitrogen and oxygen atoms in total. The first-order chi connectivity index (χ1) is 10.1. The molecule has 2 aromatic rings. The van der Waals surface area contributed by atoms with E-state index in [4.69, 9.17) is 0 Å². The van der Waals surface area contributed by atoms with Gasteiger partial charge in [0.1, 0.15) is 0 Å². The molecule has 0 aliphatic rings. The zero-order chi connectivity index (χ0) is 15.2. The number of carbonyl (C=O) groups is 2. The summed E-state index contributed by atoms with van der Waals surface area (Å²) in [4.78, 5) is 24.8. The molecule has 0 unspecified atom stereocenters. The van der Waals surface area contributed by atoms with Crippen LogP contribution in [0.3, 0.4) is 0 Å². The zero-order valence-electron chi connectivity index (χ0n) is 11.1. The van der Waals surface area contributed by atoms with Crippen LogP contribution in [0.1, 0.15) is 20.0 Å². The minimum atomic E-state index is -0.252. The van der Waals surface area contributed by atoms with Gasteiger partial charge in [-0.1, -0.05) is 18.2 Å². The van der Waals surface area contributed by atoms with Gasteiger partial charge in [0.05, 0.1) is 19.9 Å². The number of thiophene rings is 1. The second kappa shape index (κ2) is 7.19. The zero-order valence-corrected chi connectivity index (χ0v) is 13.5. The first-order valence-corrected chi connectivity index (χ1v) is 7.77. The molecule has 0 atom stereocenters. The molecule has 6 heteroatoms. The first-order valence-electron chi connectivity index (χ1n) is 6.16. The molecule has 2 amide bonds. The second-order valence-corrected chi connectivity index (χ2v) is 6.57. The van der Waals surface area contributed by atoms with Crippen molar-refractivity contribution in [2.75, 3.05) is 11.9 Å². The van der Waals surface area contributed by atoms with E-state index in [9.17, 15) is 9.59 Å². The van der Waals surface area contributed by atoms with Gasteiger partial charge in [0, 0.05) is 6.54 Å². The highest BCUT2D eigenvalue weighted by atomic mass is 79.9. The number of amides is 2. The van der Waals surface area contributed by atoms with E-state index in [1.807, 2.05) is 6.07 Å². The van der Waals surface area contributed by atoms with E-state index >= 15 is 0 Å². The number of carbonyl (C=O) groups excluding carboxylic acids is 2. The highest BCUT2D eigenvalue weighted by Crippen LogP contribution is 2.23. The van der Waals surface area contributed by atoms with Gasteiger partial charge in [-0.15, -0.1) is 17.9 Å². The average Bonchev–Trinajstić information content (AvgIpc) is 2.92. The maximum absolute atomic E-state index is 12.1. The van der Waals surface area contributed by atoms with Crippen molar-refractivity contribution in [3.05, 3.63) is 63.3 Å². The smallest absolute Gasteiger partial charge is 0.265 e. The monoisotopic (exact) mass is 364 g/mol. The van der Waals surface area contributed by atoms with E-state index in [1.165, 1.54) is 11.3 Å². The van der Waals surface area contributed by atoms with Crippen molar-refractivity contribution in [3.63, 3.8) is 0 Å². The summed E-state index contributed by atoms with van der Waals surface area (Å²) in [6.07, 6.45) is 1.60. The molecule has 0 aliphatic carbocycles. The molecular weight excluding hydrogens is 352 g/mol. The molecule has 1 aromatic carbocycles. The fourth-order valence-corrected chi connectivity index (χ4v) is 2.95. The summed E-state index contributed by atoms with van der Waals surface area (Å²) >= 11 is 4.65. The van der Waals surface area contributed by atoms with Crippen molar-refractivity contribution in [3.8, 4) is 0 Å². The van der Waals surface area contributed by atoms with Crippen LogP contribution in [0.5, 0.6) is 0 Å². The Morgan fingerprint density at radius 2 is 1.95 bits per heavy atom. The average molecular weight is 365 g/mol. The Morgan fingerprint density at radius 1 is 1.19 bits per heavy atom. The number of para-hydroxylation sites is 1. The van der Waals surface area contributed by atoms with E-state index in [1.54, 1.807) is 36.4 Å². The largest absolute Gasteiger partial charge is 0.349 e. The van der Waals surface area contributed by atoms with E-state index in [-0.39, 0.29) is 11.8 Å². The number of hydrogen-bond acceptors (Lipinski definition) is 3. The minimum Gasteiger partial charge on any atom is -0.349 e. The summed E-state index contributed by atoms with van der Waals surface area (Å²) in [6, 6.07) is 10.4. The van der Waals surface area contributed by atoms with Gasteiger partial charge >= 0.3 is 0 Å². The van der Waals surface area contributed by atoms with Gasteiger partial charge in [-0.05, 0) is 40.2 Å². The lowest BCUT2D eigenvalue weighted by Crippen LogP contribution is -2.25. The Morgan fingerprint density at radius 3 is 2.62 bits per heavy atom. The predicted molar refractivity (Wildman–Crippen MR) is 88.9 cm³/mol. The number of hydrogen-bond donors (Lipinski definition) is 2. The molecule has 21 heavy (non-hydrogen) atoms. The van der Waals surface area contributed by atoms with Crippen LogP contribution >= 0.6 is 27.3 Å². The maximum Gasteiger partial charge on any atom is 0.265 e. The van der Waals surface area contributed by atoms with Gasteiger partial charge in [-0.2, -0.15) is 0 Å². The van der Waals surface area contributed by atoms with Crippen molar-refractivity contribution in [2.45, 2.75) is 0 Å². The predicted octanol–water partition coefficient (Wildman–Crippen LogP) is 3.68. The molecular formula is C15H13BrN2O2S. The summed E-state index contributed by atoms with van der Waals surface area (Å²) < 4.78 is 0.879.